The number of benzene rings is 2. The normalized spacial score (nSPS) is 14.1. The summed E-state index contributed by atoms with van der Waals surface area (Å²) < 4.78 is 33.3. The van der Waals surface area contributed by atoms with E-state index in [1.807, 2.05) is 12.1 Å². The van der Waals surface area contributed by atoms with E-state index in [2.05, 4.69) is 5.32 Å². The molecule has 2 aromatic carbocycles. The molecule has 3 atom stereocenters. The molecule has 0 heterocycles. The zero-order valence-electron chi connectivity index (χ0n) is 15.4. The lowest BCUT2D eigenvalue weighted by Gasteiger charge is -2.27. The molecule has 2 aromatic rings. The summed E-state index contributed by atoms with van der Waals surface area (Å²) in [6, 6.07) is 13.3. The molecular formula is C21H22F2N2O2. The van der Waals surface area contributed by atoms with Crippen LogP contribution in [0.25, 0.3) is 0 Å². The fourth-order valence-corrected chi connectivity index (χ4v) is 2.71. The molecule has 0 saturated carbocycles. The molecule has 142 valence electrons. The summed E-state index contributed by atoms with van der Waals surface area (Å²) >= 11 is 0. The van der Waals surface area contributed by atoms with Gasteiger partial charge in [-0.25, -0.2) is 8.78 Å². The van der Waals surface area contributed by atoms with Gasteiger partial charge in [-0.3, -0.25) is 4.79 Å². The van der Waals surface area contributed by atoms with Crippen molar-refractivity contribution >= 4 is 5.91 Å². The fourth-order valence-electron chi connectivity index (χ4n) is 2.71. The molecular weight excluding hydrogens is 350 g/mol. The van der Waals surface area contributed by atoms with Crippen LogP contribution in [0.3, 0.4) is 0 Å². The summed E-state index contributed by atoms with van der Waals surface area (Å²) in [6.45, 7) is 5.26. The van der Waals surface area contributed by atoms with Crippen molar-refractivity contribution in [2.45, 2.75) is 32.9 Å². The van der Waals surface area contributed by atoms with Gasteiger partial charge in [-0.15, -0.1) is 0 Å². The zero-order chi connectivity index (χ0) is 20.0. The molecule has 1 unspecified atom stereocenters. The van der Waals surface area contributed by atoms with Crippen LogP contribution in [-0.2, 0) is 4.79 Å². The summed E-state index contributed by atoms with van der Waals surface area (Å²) in [4.78, 5) is 12.4. The molecule has 0 radical (unpaired) electrons. The number of carbonyl (C=O) groups is 1. The van der Waals surface area contributed by atoms with Crippen LogP contribution in [-0.4, -0.2) is 11.9 Å². The average molecular weight is 372 g/mol. The zero-order valence-corrected chi connectivity index (χ0v) is 15.4. The summed E-state index contributed by atoms with van der Waals surface area (Å²) in [7, 11) is 0. The molecule has 0 aliphatic heterocycles. The average Bonchev–Trinajstić information content (AvgIpc) is 2.63. The molecule has 0 aliphatic carbocycles. The minimum atomic E-state index is -0.810. The van der Waals surface area contributed by atoms with Crippen LogP contribution in [0.1, 0.15) is 32.4 Å². The summed E-state index contributed by atoms with van der Waals surface area (Å²) in [5.74, 6) is -2.96. The standard InChI is InChI=1S/C21H22F2N2O2/c1-13(2)17(12-24)21(26)25-14(3)20(15-7-5-4-6-8-15)27-19-11-16(22)9-10-18(19)23/h4-11,13-14,17,20H,1-3H3,(H,25,26)/t14-,17?,20-/m1/s1. The van der Waals surface area contributed by atoms with Crippen molar-refractivity contribution in [2.24, 2.45) is 11.8 Å². The van der Waals surface area contributed by atoms with E-state index in [1.54, 1.807) is 45.0 Å². The van der Waals surface area contributed by atoms with E-state index >= 15 is 0 Å². The van der Waals surface area contributed by atoms with Crippen LogP contribution in [0.4, 0.5) is 8.78 Å². The number of amides is 1. The molecule has 0 aliphatic rings. The quantitative estimate of drug-likeness (QED) is 0.784. The third-order valence-electron chi connectivity index (χ3n) is 4.19. The number of hydrogen-bond acceptors (Lipinski definition) is 3. The number of rotatable bonds is 7. The first-order valence-electron chi connectivity index (χ1n) is 8.70. The highest BCUT2D eigenvalue weighted by Gasteiger charge is 2.28. The molecule has 0 spiro atoms. The van der Waals surface area contributed by atoms with Crippen molar-refractivity contribution in [3.8, 4) is 11.8 Å². The van der Waals surface area contributed by atoms with Crippen LogP contribution >= 0.6 is 0 Å². The molecule has 0 aromatic heterocycles. The minimum absolute atomic E-state index is 0.154. The largest absolute Gasteiger partial charge is 0.480 e. The predicted octanol–water partition coefficient (Wildman–Crippen LogP) is 4.39. The maximum absolute atomic E-state index is 14.0. The number of ether oxygens (including phenoxy) is 1. The minimum Gasteiger partial charge on any atom is -0.480 e. The van der Waals surface area contributed by atoms with E-state index < -0.39 is 35.6 Å². The van der Waals surface area contributed by atoms with Gasteiger partial charge < -0.3 is 10.1 Å². The summed E-state index contributed by atoms with van der Waals surface area (Å²) in [6.07, 6.45) is -0.766. The number of hydrogen-bond donors (Lipinski definition) is 1. The van der Waals surface area contributed by atoms with Gasteiger partial charge in [-0.1, -0.05) is 44.2 Å². The number of nitriles is 1. The van der Waals surface area contributed by atoms with Crippen molar-refractivity contribution < 1.29 is 18.3 Å². The Hall–Kier alpha value is -2.94. The Balaban J connectivity index is 2.29. The highest BCUT2D eigenvalue weighted by Crippen LogP contribution is 2.28. The lowest BCUT2D eigenvalue weighted by Crippen LogP contribution is -2.43. The fraction of sp³-hybridized carbons (Fsp3) is 0.333. The van der Waals surface area contributed by atoms with Crippen LogP contribution in [0.15, 0.2) is 48.5 Å². The van der Waals surface area contributed by atoms with Crippen molar-refractivity contribution in [3.63, 3.8) is 0 Å². The topological polar surface area (TPSA) is 62.1 Å². The van der Waals surface area contributed by atoms with Gasteiger partial charge in [0.25, 0.3) is 0 Å². The Kier molecular flexibility index (Phi) is 6.89. The SMILES string of the molecule is CC(C)C(C#N)C(=O)N[C@H](C)[C@@H](Oc1cc(F)ccc1F)c1ccccc1. The molecule has 1 amide bonds. The molecule has 0 fully saturated rings. The van der Waals surface area contributed by atoms with E-state index in [-0.39, 0.29) is 11.7 Å². The maximum atomic E-state index is 14.0. The van der Waals surface area contributed by atoms with Crippen LogP contribution < -0.4 is 10.1 Å². The number of carbonyl (C=O) groups excluding carboxylic acids is 1. The van der Waals surface area contributed by atoms with E-state index in [1.165, 1.54) is 0 Å². The van der Waals surface area contributed by atoms with Crippen molar-refractivity contribution in [2.75, 3.05) is 0 Å². The lowest BCUT2D eigenvalue weighted by molar-refractivity contribution is -0.125. The van der Waals surface area contributed by atoms with Crippen molar-refractivity contribution in [1.82, 2.24) is 5.32 Å². The van der Waals surface area contributed by atoms with Crippen molar-refractivity contribution in [3.05, 3.63) is 65.7 Å². The van der Waals surface area contributed by atoms with E-state index in [4.69, 9.17) is 4.74 Å². The highest BCUT2D eigenvalue weighted by atomic mass is 19.1. The maximum Gasteiger partial charge on any atom is 0.237 e. The van der Waals surface area contributed by atoms with Gasteiger partial charge in [0.2, 0.25) is 5.91 Å². The molecule has 0 bridgehead atoms. The van der Waals surface area contributed by atoms with E-state index in [9.17, 15) is 18.8 Å². The van der Waals surface area contributed by atoms with E-state index in [0.29, 0.717) is 5.56 Å². The van der Waals surface area contributed by atoms with E-state index in [0.717, 1.165) is 18.2 Å². The molecule has 0 saturated heterocycles. The number of nitrogens with one attached hydrogen (secondary N) is 1. The second-order valence-electron chi connectivity index (χ2n) is 6.67. The Morgan fingerprint density at radius 2 is 1.78 bits per heavy atom. The van der Waals surface area contributed by atoms with Gasteiger partial charge in [0.15, 0.2) is 11.6 Å². The number of halogens is 2. The van der Waals surface area contributed by atoms with Crippen LogP contribution in [0, 0.1) is 34.8 Å². The Bertz CT molecular complexity index is 819. The van der Waals surface area contributed by atoms with Gasteiger partial charge in [-0.2, -0.15) is 5.26 Å². The van der Waals surface area contributed by atoms with Crippen molar-refractivity contribution in [1.29, 1.82) is 5.26 Å². The number of nitrogens with zero attached hydrogens (tertiary/aromatic N) is 1. The Morgan fingerprint density at radius 3 is 2.37 bits per heavy atom. The van der Waals surface area contributed by atoms with Gasteiger partial charge >= 0.3 is 0 Å². The second kappa shape index (κ2) is 9.13. The second-order valence-corrected chi connectivity index (χ2v) is 6.67. The third kappa shape index (κ3) is 5.27. The lowest BCUT2D eigenvalue weighted by atomic mass is 9.95. The highest BCUT2D eigenvalue weighted by molar-refractivity contribution is 5.81. The Morgan fingerprint density at radius 1 is 1.11 bits per heavy atom. The smallest absolute Gasteiger partial charge is 0.237 e. The monoisotopic (exact) mass is 372 g/mol. The molecule has 4 nitrogen and oxygen atoms in total. The van der Waals surface area contributed by atoms with Crippen LogP contribution in [0.2, 0.25) is 0 Å². The Labute approximate surface area is 157 Å². The van der Waals surface area contributed by atoms with Crippen LogP contribution in [0.5, 0.6) is 5.75 Å². The van der Waals surface area contributed by atoms with Gasteiger partial charge in [0.1, 0.15) is 17.8 Å². The first kappa shape index (κ1) is 20.4. The summed E-state index contributed by atoms with van der Waals surface area (Å²) in [5, 5.41) is 12.0. The first-order chi connectivity index (χ1) is 12.8. The third-order valence-corrected chi connectivity index (χ3v) is 4.19. The van der Waals surface area contributed by atoms with Gasteiger partial charge in [0, 0.05) is 6.07 Å². The van der Waals surface area contributed by atoms with Gasteiger partial charge in [-0.05, 0) is 30.5 Å². The molecule has 1 N–H and O–H groups in total. The molecule has 27 heavy (non-hydrogen) atoms. The summed E-state index contributed by atoms with van der Waals surface area (Å²) in [5.41, 5.74) is 0.687. The molecule has 6 heteroatoms. The van der Waals surface area contributed by atoms with Gasteiger partial charge in [0.05, 0.1) is 12.1 Å². The first-order valence-corrected chi connectivity index (χ1v) is 8.70. The predicted molar refractivity (Wildman–Crippen MR) is 97.7 cm³/mol. The molecule has 2 rings (SSSR count).